The average molecular weight is 957 g/mol. The first-order valence-corrected chi connectivity index (χ1v) is 23.7. The summed E-state index contributed by atoms with van der Waals surface area (Å²) in [6, 6.07) is 47.6. The van der Waals surface area contributed by atoms with Gasteiger partial charge in [0.05, 0.1) is 0 Å². The van der Waals surface area contributed by atoms with Crippen LogP contribution in [0.15, 0.2) is 176 Å². The molecule has 0 saturated heterocycles. The van der Waals surface area contributed by atoms with Crippen LogP contribution in [-0.2, 0) is 59.2 Å². The fourth-order valence-electron chi connectivity index (χ4n) is 7.86. The molecule has 6 aromatic carbocycles. The van der Waals surface area contributed by atoms with E-state index in [0.29, 0.717) is 29.7 Å². The Bertz CT molecular complexity index is 2670. The molecule has 0 saturated carbocycles. The van der Waals surface area contributed by atoms with Gasteiger partial charge in [0.1, 0.15) is 30.2 Å². The summed E-state index contributed by atoms with van der Waals surface area (Å²) in [6.45, 7) is 1.42. The van der Waals surface area contributed by atoms with E-state index < -0.39 is 65.7 Å². The van der Waals surface area contributed by atoms with E-state index in [0.717, 1.165) is 22.3 Å². The maximum atomic E-state index is 14.7. The molecule has 14 heteroatoms. The highest BCUT2D eigenvalue weighted by atomic mass is 16.4. The van der Waals surface area contributed by atoms with Crippen LogP contribution in [0.2, 0.25) is 0 Å². The van der Waals surface area contributed by atoms with Crippen molar-refractivity contribution in [2.75, 3.05) is 5.32 Å². The van der Waals surface area contributed by atoms with Crippen LogP contribution in [0.4, 0.5) is 5.69 Å². The van der Waals surface area contributed by atoms with Crippen molar-refractivity contribution < 1.29 is 38.7 Å². The Morgan fingerprint density at radius 1 is 0.394 bits per heavy atom. The minimum Gasteiger partial charge on any atom is -0.480 e. The number of para-hydroxylation sites is 1. The molecule has 0 spiro atoms. The highest BCUT2D eigenvalue weighted by molar-refractivity contribution is 5.97. The number of amides is 6. The van der Waals surface area contributed by atoms with Crippen LogP contribution >= 0.6 is 0 Å². The molecule has 0 bridgehead atoms. The Morgan fingerprint density at radius 2 is 0.789 bits per heavy atom. The van der Waals surface area contributed by atoms with Gasteiger partial charge in [-0.1, -0.05) is 164 Å². The summed E-state index contributed by atoms with van der Waals surface area (Å²) in [5, 5.41) is 26.4. The monoisotopic (exact) mass is 956 g/mol. The molecule has 0 aliphatic carbocycles. The molecular formula is C57H60N6O8. The normalized spacial score (nSPS) is 12.9. The van der Waals surface area contributed by atoms with Gasteiger partial charge in [0, 0.05) is 31.4 Å². The second-order valence-electron chi connectivity index (χ2n) is 17.3. The fourth-order valence-corrected chi connectivity index (χ4v) is 7.86. The first-order valence-electron chi connectivity index (χ1n) is 23.7. The summed E-state index contributed by atoms with van der Waals surface area (Å²) in [7, 11) is 0. The third kappa shape index (κ3) is 17.3. The van der Waals surface area contributed by atoms with E-state index >= 15 is 0 Å². The van der Waals surface area contributed by atoms with Crippen molar-refractivity contribution in [1.82, 2.24) is 26.6 Å². The number of hydrogen-bond donors (Lipinski definition) is 7. The van der Waals surface area contributed by atoms with Crippen LogP contribution < -0.4 is 31.9 Å². The molecule has 14 nitrogen and oxygen atoms in total. The van der Waals surface area contributed by atoms with E-state index in [1.165, 1.54) is 6.92 Å². The summed E-state index contributed by atoms with van der Waals surface area (Å²) < 4.78 is 0. The molecule has 0 aliphatic heterocycles. The van der Waals surface area contributed by atoms with Crippen molar-refractivity contribution >= 4 is 47.1 Å². The molecule has 366 valence electrons. The van der Waals surface area contributed by atoms with Gasteiger partial charge in [0.2, 0.25) is 35.4 Å². The Kier molecular flexibility index (Phi) is 19.7. The summed E-state index contributed by atoms with van der Waals surface area (Å²) in [5.74, 6) is -4.95. The number of carbonyl (C=O) groups is 7. The maximum absolute atomic E-state index is 14.7. The van der Waals surface area contributed by atoms with Gasteiger partial charge in [-0.3, -0.25) is 28.8 Å². The topological polar surface area (TPSA) is 212 Å². The number of nitrogens with one attached hydrogen (secondary N) is 6. The molecule has 0 aromatic heterocycles. The number of hydrogen-bond acceptors (Lipinski definition) is 7. The zero-order valence-corrected chi connectivity index (χ0v) is 39.6. The SMILES string of the molecule is C[C@H](NC(=O)[C@@H](Cc1ccccc1)NC(=O)[C@H](Cc1ccc(-c2ccccc2)cc1)NC(=O)[C@@H](CCc1ccccc1)NC(=O)CCC(=O)Nc1ccccc1)C(=O)N[C@@H](CCc1ccccc1)C(=O)O. The Hall–Kier alpha value is -8.39. The summed E-state index contributed by atoms with van der Waals surface area (Å²) in [6.07, 6.45) is 0.713. The van der Waals surface area contributed by atoms with Gasteiger partial charge in [0.15, 0.2) is 0 Å². The van der Waals surface area contributed by atoms with Crippen LogP contribution in [0.25, 0.3) is 11.1 Å². The molecular weight excluding hydrogens is 897 g/mol. The van der Waals surface area contributed by atoms with Crippen LogP contribution in [0.1, 0.15) is 54.9 Å². The van der Waals surface area contributed by atoms with E-state index in [1.807, 2.05) is 121 Å². The van der Waals surface area contributed by atoms with Gasteiger partial charge in [-0.05, 0) is 78.1 Å². The molecule has 5 atom stereocenters. The van der Waals surface area contributed by atoms with Gasteiger partial charge in [-0.15, -0.1) is 0 Å². The number of rotatable bonds is 25. The van der Waals surface area contributed by atoms with Gasteiger partial charge in [0.25, 0.3) is 0 Å². The Labute approximate surface area is 414 Å². The van der Waals surface area contributed by atoms with Crippen molar-refractivity contribution in [3.8, 4) is 11.1 Å². The van der Waals surface area contributed by atoms with Crippen molar-refractivity contribution in [2.24, 2.45) is 0 Å². The summed E-state index contributed by atoms with van der Waals surface area (Å²) in [5.41, 5.74) is 5.70. The maximum Gasteiger partial charge on any atom is 0.326 e. The zero-order valence-electron chi connectivity index (χ0n) is 39.6. The van der Waals surface area contributed by atoms with Crippen LogP contribution in [-0.4, -0.2) is 76.7 Å². The Balaban J connectivity index is 1.21. The largest absolute Gasteiger partial charge is 0.480 e. The lowest BCUT2D eigenvalue weighted by molar-refractivity contribution is -0.142. The zero-order chi connectivity index (χ0) is 50.4. The predicted octanol–water partition coefficient (Wildman–Crippen LogP) is 6.35. The van der Waals surface area contributed by atoms with Crippen LogP contribution in [0.3, 0.4) is 0 Å². The molecule has 0 fully saturated rings. The van der Waals surface area contributed by atoms with Crippen LogP contribution in [0.5, 0.6) is 0 Å². The van der Waals surface area contributed by atoms with E-state index in [1.54, 1.807) is 54.6 Å². The first kappa shape index (κ1) is 52.0. The van der Waals surface area contributed by atoms with Crippen molar-refractivity contribution in [3.05, 3.63) is 198 Å². The van der Waals surface area contributed by atoms with E-state index in [-0.39, 0.29) is 44.4 Å². The minimum absolute atomic E-state index is 0.00161. The molecule has 0 heterocycles. The number of benzene rings is 6. The number of aryl methyl sites for hydroxylation is 2. The quantitative estimate of drug-likeness (QED) is 0.0343. The van der Waals surface area contributed by atoms with Crippen molar-refractivity contribution in [2.45, 2.75) is 88.5 Å². The Morgan fingerprint density at radius 3 is 1.31 bits per heavy atom. The van der Waals surface area contributed by atoms with Gasteiger partial charge < -0.3 is 37.0 Å². The minimum atomic E-state index is -1.27. The van der Waals surface area contributed by atoms with E-state index in [2.05, 4.69) is 31.9 Å². The van der Waals surface area contributed by atoms with Crippen LogP contribution in [0, 0.1) is 0 Å². The molecule has 6 rings (SSSR count). The summed E-state index contributed by atoms with van der Waals surface area (Å²) in [4.78, 5) is 95.1. The molecule has 71 heavy (non-hydrogen) atoms. The predicted molar refractivity (Wildman–Crippen MR) is 273 cm³/mol. The molecule has 0 aliphatic rings. The molecule has 0 radical (unpaired) electrons. The van der Waals surface area contributed by atoms with Crippen molar-refractivity contribution in [1.29, 1.82) is 0 Å². The second-order valence-corrected chi connectivity index (χ2v) is 17.3. The van der Waals surface area contributed by atoms with E-state index in [9.17, 15) is 38.7 Å². The molecule has 0 unspecified atom stereocenters. The van der Waals surface area contributed by atoms with Crippen molar-refractivity contribution in [3.63, 3.8) is 0 Å². The highest BCUT2D eigenvalue weighted by Crippen LogP contribution is 2.20. The third-order valence-corrected chi connectivity index (χ3v) is 11.8. The highest BCUT2D eigenvalue weighted by Gasteiger charge is 2.32. The smallest absolute Gasteiger partial charge is 0.326 e. The number of carboxylic acid groups (broad SMARTS) is 1. The lowest BCUT2D eigenvalue weighted by Crippen LogP contribution is -2.59. The summed E-state index contributed by atoms with van der Waals surface area (Å²) >= 11 is 0. The van der Waals surface area contributed by atoms with Gasteiger partial charge >= 0.3 is 5.97 Å². The standard InChI is InChI=1S/C57H60N6O8/c1-39(53(66)61-48(57(70)71)34-30-41-19-9-3-10-20-41)58-55(68)49(37-42-21-11-4-12-22-42)63-56(69)50(38-43-27-31-45(32-28-43)44-23-13-5-14-24-44)62-54(67)47(33-29-40-17-7-2-8-18-40)60-52(65)36-35-51(64)59-46-25-15-6-16-26-46/h2-28,31-32,39,47-50H,29-30,33-38H2,1H3,(H,58,68)(H,59,64)(H,60,65)(H,61,66)(H,62,67)(H,63,69)(H,70,71)/t39-,47+,48-,49+,50-/m0/s1. The number of aliphatic carboxylic acids is 1. The third-order valence-electron chi connectivity index (χ3n) is 11.8. The second kappa shape index (κ2) is 27.0. The van der Waals surface area contributed by atoms with E-state index in [4.69, 9.17) is 0 Å². The number of carbonyl (C=O) groups excluding carboxylic acids is 6. The number of anilines is 1. The van der Waals surface area contributed by atoms with Gasteiger partial charge in [-0.2, -0.15) is 0 Å². The molecule has 7 N–H and O–H groups in total. The lowest BCUT2D eigenvalue weighted by atomic mass is 9.98. The fraction of sp³-hybridized carbons (Fsp3) is 0.246. The lowest BCUT2D eigenvalue weighted by Gasteiger charge is -2.26. The first-order chi connectivity index (χ1) is 34.4. The number of carboxylic acids is 1. The average Bonchev–Trinajstić information content (AvgIpc) is 3.39. The molecule has 6 aromatic rings. The van der Waals surface area contributed by atoms with Gasteiger partial charge in [-0.25, -0.2) is 4.79 Å². The molecule has 6 amide bonds.